The van der Waals surface area contributed by atoms with E-state index < -0.39 is 15.7 Å². The number of hydrogen-bond donors (Lipinski definition) is 0. The van der Waals surface area contributed by atoms with E-state index in [1.807, 2.05) is 0 Å². The summed E-state index contributed by atoms with van der Waals surface area (Å²) >= 11 is 0. The van der Waals surface area contributed by atoms with Gasteiger partial charge in [0.25, 0.3) is 0 Å². The minimum atomic E-state index is -3.18. The van der Waals surface area contributed by atoms with Crippen molar-refractivity contribution in [2.24, 2.45) is 0 Å². The SMILES string of the molecule is Cc1cc(F)ccc1S(=O)(=O)C1CC1. The van der Waals surface area contributed by atoms with Gasteiger partial charge < -0.3 is 0 Å². The van der Waals surface area contributed by atoms with Gasteiger partial charge in [-0.3, -0.25) is 0 Å². The molecule has 0 atom stereocenters. The van der Waals surface area contributed by atoms with Crippen molar-refractivity contribution >= 4 is 9.84 Å². The van der Waals surface area contributed by atoms with Crippen LogP contribution in [0.1, 0.15) is 18.4 Å². The first-order chi connectivity index (χ1) is 6.51. The third-order valence-corrected chi connectivity index (χ3v) is 4.83. The molecule has 0 saturated heterocycles. The Morgan fingerprint density at radius 3 is 2.50 bits per heavy atom. The molecule has 1 aliphatic carbocycles. The van der Waals surface area contributed by atoms with Gasteiger partial charge in [0.1, 0.15) is 5.82 Å². The smallest absolute Gasteiger partial charge is 0.181 e. The molecule has 0 spiro atoms. The number of halogens is 1. The Morgan fingerprint density at radius 2 is 2.00 bits per heavy atom. The minimum absolute atomic E-state index is 0.230. The summed E-state index contributed by atoms with van der Waals surface area (Å²) < 4.78 is 36.4. The molecular weight excluding hydrogens is 203 g/mol. The lowest BCUT2D eigenvalue weighted by Gasteiger charge is -2.05. The van der Waals surface area contributed by atoms with Crippen molar-refractivity contribution in [2.75, 3.05) is 0 Å². The summed E-state index contributed by atoms with van der Waals surface area (Å²) in [5.74, 6) is -0.391. The van der Waals surface area contributed by atoms with Crippen molar-refractivity contribution in [3.8, 4) is 0 Å². The Labute approximate surface area is 82.7 Å². The molecule has 0 bridgehead atoms. The molecule has 2 rings (SSSR count). The van der Waals surface area contributed by atoms with Crippen molar-refractivity contribution in [1.29, 1.82) is 0 Å². The topological polar surface area (TPSA) is 34.1 Å². The van der Waals surface area contributed by atoms with Crippen LogP contribution in [0.5, 0.6) is 0 Å². The van der Waals surface area contributed by atoms with Gasteiger partial charge in [-0.1, -0.05) is 0 Å². The monoisotopic (exact) mass is 214 g/mol. The van der Waals surface area contributed by atoms with Crippen LogP contribution in [0.15, 0.2) is 23.1 Å². The molecule has 1 aromatic carbocycles. The zero-order valence-corrected chi connectivity index (χ0v) is 8.64. The van der Waals surface area contributed by atoms with Crippen LogP contribution in [0.4, 0.5) is 4.39 Å². The normalized spacial score (nSPS) is 17.0. The van der Waals surface area contributed by atoms with Gasteiger partial charge in [0.2, 0.25) is 0 Å². The maximum atomic E-state index is 12.8. The van der Waals surface area contributed by atoms with Gasteiger partial charge >= 0.3 is 0 Å². The lowest BCUT2D eigenvalue weighted by molar-refractivity contribution is 0.592. The summed E-state index contributed by atoms with van der Waals surface area (Å²) in [6, 6.07) is 3.82. The molecule has 0 unspecified atom stereocenters. The molecule has 0 aliphatic heterocycles. The average Bonchev–Trinajstić information content (AvgIpc) is 2.84. The molecule has 1 fully saturated rings. The molecule has 76 valence electrons. The van der Waals surface area contributed by atoms with E-state index >= 15 is 0 Å². The number of benzene rings is 1. The average molecular weight is 214 g/mol. The summed E-state index contributed by atoms with van der Waals surface area (Å²) in [5.41, 5.74) is 0.497. The highest BCUT2D eigenvalue weighted by Crippen LogP contribution is 2.34. The Hall–Kier alpha value is -0.900. The number of sulfone groups is 1. The van der Waals surface area contributed by atoms with Crippen LogP contribution < -0.4 is 0 Å². The quantitative estimate of drug-likeness (QED) is 0.706. The molecule has 1 aromatic rings. The molecule has 0 N–H and O–H groups in total. The van der Waals surface area contributed by atoms with E-state index in [4.69, 9.17) is 0 Å². The Bertz CT molecular complexity index is 461. The molecule has 1 aliphatic rings. The summed E-state index contributed by atoms with van der Waals surface area (Å²) in [4.78, 5) is 0.279. The summed E-state index contributed by atoms with van der Waals surface area (Å²) in [7, 11) is -3.18. The second-order valence-electron chi connectivity index (χ2n) is 3.65. The Balaban J connectivity index is 2.51. The van der Waals surface area contributed by atoms with E-state index in [2.05, 4.69) is 0 Å². The molecular formula is C10H11FO2S. The van der Waals surface area contributed by atoms with Crippen LogP contribution in [0, 0.1) is 12.7 Å². The van der Waals surface area contributed by atoms with E-state index in [-0.39, 0.29) is 10.1 Å². The van der Waals surface area contributed by atoms with E-state index in [1.165, 1.54) is 18.2 Å². The molecule has 4 heteroatoms. The fraction of sp³-hybridized carbons (Fsp3) is 0.400. The van der Waals surface area contributed by atoms with Gasteiger partial charge in [0.05, 0.1) is 10.1 Å². The Kier molecular flexibility index (Phi) is 2.10. The highest BCUT2D eigenvalue weighted by molar-refractivity contribution is 7.92. The fourth-order valence-corrected chi connectivity index (χ4v) is 3.37. The zero-order valence-electron chi connectivity index (χ0n) is 7.83. The predicted octanol–water partition coefficient (Wildman–Crippen LogP) is 2.07. The second kappa shape index (κ2) is 3.05. The van der Waals surface area contributed by atoms with Gasteiger partial charge in [0, 0.05) is 0 Å². The first kappa shape index (κ1) is 9.65. The Morgan fingerprint density at radius 1 is 1.36 bits per heavy atom. The van der Waals surface area contributed by atoms with Crippen molar-refractivity contribution in [2.45, 2.75) is 29.9 Å². The molecule has 0 amide bonds. The molecule has 2 nitrogen and oxygen atoms in total. The van der Waals surface area contributed by atoms with Crippen LogP contribution in [-0.2, 0) is 9.84 Å². The predicted molar refractivity (Wildman–Crippen MR) is 51.3 cm³/mol. The standard InChI is InChI=1S/C10H11FO2S/c1-7-6-8(11)2-5-10(7)14(12,13)9-3-4-9/h2,5-6,9H,3-4H2,1H3. The van der Waals surface area contributed by atoms with Gasteiger partial charge in [0.15, 0.2) is 9.84 Å². The van der Waals surface area contributed by atoms with Crippen molar-refractivity contribution in [1.82, 2.24) is 0 Å². The van der Waals surface area contributed by atoms with Crippen LogP contribution in [0.25, 0.3) is 0 Å². The van der Waals surface area contributed by atoms with Crippen LogP contribution in [0.2, 0.25) is 0 Å². The van der Waals surface area contributed by atoms with Gasteiger partial charge in [-0.15, -0.1) is 0 Å². The van der Waals surface area contributed by atoms with Crippen LogP contribution in [0.3, 0.4) is 0 Å². The number of rotatable bonds is 2. The maximum absolute atomic E-state index is 12.8. The summed E-state index contributed by atoms with van der Waals surface area (Å²) in [6.45, 7) is 1.62. The largest absolute Gasteiger partial charge is 0.223 e. The maximum Gasteiger partial charge on any atom is 0.181 e. The van der Waals surface area contributed by atoms with Gasteiger partial charge in [-0.25, -0.2) is 12.8 Å². The molecule has 14 heavy (non-hydrogen) atoms. The minimum Gasteiger partial charge on any atom is -0.223 e. The number of aryl methyl sites for hydroxylation is 1. The lowest BCUT2D eigenvalue weighted by Crippen LogP contribution is -2.08. The summed E-state index contributed by atoms with van der Waals surface area (Å²) in [6.07, 6.45) is 1.47. The van der Waals surface area contributed by atoms with Crippen molar-refractivity contribution < 1.29 is 12.8 Å². The highest BCUT2D eigenvalue weighted by Gasteiger charge is 2.37. The highest BCUT2D eigenvalue weighted by atomic mass is 32.2. The first-order valence-corrected chi connectivity index (χ1v) is 6.06. The molecule has 0 heterocycles. The first-order valence-electron chi connectivity index (χ1n) is 4.52. The van der Waals surface area contributed by atoms with Crippen LogP contribution in [-0.4, -0.2) is 13.7 Å². The molecule has 0 radical (unpaired) electrons. The molecule has 1 saturated carbocycles. The third kappa shape index (κ3) is 1.54. The lowest BCUT2D eigenvalue weighted by atomic mass is 10.2. The van der Waals surface area contributed by atoms with Gasteiger partial charge in [-0.05, 0) is 43.5 Å². The zero-order chi connectivity index (χ0) is 10.3. The number of hydrogen-bond acceptors (Lipinski definition) is 2. The van der Waals surface area contributed by atoms with Gasteiger partial charge in [-0.2, -0.15) is 0 Å². The van der Waals surface area contributed by atoms with E-state index in [0.29, 0.717) is 5.56 Å². The van der Waals surface area contributed by atoms with E-state index in [1.54, 1.807) is 6.92 Å². The van der Waals surface area contributed by atoms with E-state index in [0.717, 1.165) is 12.8 Å². The van der Waals surface area contributed by atoms with E-state index in [9.17, 15) is 12.8 Å². The van der Waals surface area contributed by atoms with Crippen molar-refractivity contribution in [3.63, 3.8) is 0 Å². The summed E-state index contributed by atoms with van der Waals surface area (Å²) in [5, 5.41) is -0.230. The third-order valence-electron chi connectivity index (χ3n) is 2.41. The second-order valence-corrected chi connectivity index (χ2v) is 5.85. The molecule has 0 aromatic heterocycles. The fourth-order valence-electron chi connectivity index (χ4n) is 1.49. The van der Waals surface area contributed by atoms with Crippen LogP contribution >= 0.6 is 0 Å². The van der Waals surface area contributed by atoms with Crippen molar-refractivity contribution in [3.05, 3.63) is 29.6 Å².